The molecule has 31 heavy (non-hydrogen) atoms. The maximum Gasteiger partial charge on any atom is 0.246 e. The number of fused-ring (bicyclic) bond motifs is 1. The molecule has 2 amide bonds. The monoisotopic (exact) mass is 426 g/mol. The number of hydrogen-bond acceptors (Lipinski definition) is 6. The zero-order valence-corrected chi connectivity index (χ0v) is 18.7. The van der Waals surface area contributed by atoms with Gasteiger partial charge in [0.05, 0.1) is 18.5 Å². The number of nitrogens with one attached hydrogen (secondary N) is 1. The fourth-order valence-electron chi connectivity index (χ4n) is 3.72. The molecule has 0 spiro atoms. The van der Waals surface area contributed by atoms with E-state index in [1.807, 2.05) is 18.2 Å². The second-order valence-corrected chi connectivity index (χ2v) is 9.26. The maximum atomic E-state index is 12.6. The highest BCUT2D eigenvalue weighted by molar-refractivity contribution is 5.96. The molecule has 1 aromatic carbocycles. The number of aromatic nitrogens is 1. The average molecular weight is 426 g/mol. The van der Waals surface area contributed by atoms with Crippen LogP contribution in [0.2, 0.25) is 0 Å². The third kappa shape index (κ3) is 4.73. The molecule has 0 radical (unpaired) electrons. The third-order valence-corrected chi connectivity index (χ3v) is 5.16. The highest BCUT2D eigenvalue weighted by atomic mass is 16.5. The van der Waals surface area contributed by atoms with Gasteiger partial charge in [-0.1, -0.05) is 19.9 Å². The Morgan fingerprint density at radius 3 is 2.55 bits per heavy atom. The number of rotatable bonds is 5. The number of anilines is 1. The molecule has 8 heteroatoms. The summed E-state index contributed by atoms with van der Waals surface area (Å²) in [6, 6.07) is 8.01. The summed E-state index contributed by atoms with van der Waals surface area (Å²) in [5.41, 5.74) is 0.471. The Morgan fingerprint density at radius 2 is 1.97 bits per heavy atom. The van der Waals surface area contributed by atoms with E-state index in [1.54, 1.807) is 32.9 Å². The molecule has 8 nitrogen and oxygen atoms in total. The van der Waals surface area contributed by atoms with E-state index in [9.17, 15) is 14.7 Å². The van der Waals surface area contributed by atoms with E-state index >= 15 is 0 Å². The van der Waals surface area contributed by atoms with Crippen molar-refractivity contribution in [1.82, 2.24) is 9.88 Å². The van der Waals surface area contributed by atoms with Crippen molar-refractivity contribution in [2.45, 2.75) is 58.5 Å². The summed E-state index contributed by atoms with van der Waals surface area (Å²) in [5.74, 6) is 1.37. The molecule has 166 valence electrons. The molecule has 0 fully saturated rings. The van der Waals surface area contributed by atoms with Crippen LogP contribution < -0.4 is 19.9 Å². The molecule has 0 unspecified atom stereocenters. The van der Waals surface area contributed by atoms with Crippen molar-refractivity contribution in [2.75, 3.05) is 11.9 Å². The molecule has 2 aromatic rings. The van der Waals surface area contributed by atoms with E-state index in [4.69, 9.17) is 9.47 Å². The number of nitrogens with zero attached hydrogens (tertiary/aromatic N) is 2. The Kier molecular flexibility index (Phi) is 5.85. The van der Waals surface area contributed by atoms with Crippen LogP contribution >= 0.6 is 0 Å². The number of ether oxygens (including phenoxy) is 2. The fourth-order valence-corrected chi connectivity index (χ4v) is 3.72. The number of hydrogen-bond donors (Lipinski definition) is 1. The predicted molar refractivity (Wildman–Crippen MR) is 114 cm³/mol. The van der Waals surface area contributed by atoms with Gasteiger partial charge in [-0.25, -0.2) is 4.98 Å². The fraction of sp³-hybridized carbons (Fsp3) is 0.435. The maximum absolute atomic E-state index is 12.6. The van der Waals surface area contributed by atoms with Crippen LogP contribution in [0.15, 0.2) is 36.5 Å². The molecule has 0 aliphatic carbocycles. The Morgan fingerprint density at radius 1 is 1.26 bits per heavy atom. The lowest BCUT2D eigenvalue weighted by atomic mass is 9.86. The van der Waals surface area contributed by atoms with Gasteiger partial charge >= 0.3 is 0 Å². The first-order chi connectivity index (χ1) is 14.4. The lowest BCUT2D eigenvalue weighted by Crippen LogP contribution is -2.58. The number of carbonyl (C=O) groups is 2. The molecule has 1 aliphatic heterocycles. The number of carbonyl (C=O) groups excluding carboxylic acids is 2. The molecule has 2 heterocycles. The molecular weight excluding hydrogens is 398 g/mol. The minimum atomic E-state index is -1.40. The van der Waals surface area contributed by atoms with Crippen LogP contribution in [0.25, 0.3) is 0 Å². The molecular formula is C23H28N3O5-. The molecule has 0 bridgehead atoms. The second-order valence-electron chi connectivity index (χ2n) is 9.26. The van der Waals surface area contributed by atoms with Crippen LogP contribution in [0, 0.1) is 0 Å². The van der Waals surface area contributed by atoms with Crippen LogP contribution in [0.4, 0.5) is 10.5 Å². The smallest absolute Gasteiger partial charge is 0.246 e. The SMILES string of the molecule is C[C@H](C(=O)Nc1ccc(Oc2cccc3c2C(C)(C)CO3)nc1)N(C(=O)[O-])C(C)(C)C. The first-order valence-electron chi connectivity index (χ1n) is 10.1. The highest BCUT2D eigenvalue weighted by Gasteiger charge is 2.35. The highest BCUT2D eigenvalue weighted by Crippen LogP contribution is 2.45. The van der Waals surface area contributed by atoms with Crippen LogP contribution in [-0.2, 0) is 10.2 Å². The summed E-state index contributed by atoms with van der Waals surface area (Å²) >= 11 is 0. The Balaban J connectivity index is 1.71. The van der Waals surface area contributed by atoms with Gasteiger partial charge in [-0.3, -0.25) is 4.79 Å². The van der Waals surface area contributed by atoms with E-state index in [2.05, 4.69) is 24.1 Å². The van der Waals surface area contributed by atoms with Crippen molar-refractivity contribution in [3.05, 3.63) is 42.1 Å². The van der Waals surface area contributed by atoms with Gasteiger partial charge in [-0.15, -0.1) is 0 Å². The van der Waals surface area contributed by atoms with E-state index in [0.29, 0.717) is 23.9 Å². The first kappa shape index (κ1) is 22.4. The number of benzene rings is 1. The summed E-state index contributed by atoms with van der Waals surface area (Å²) < 4.78 is 11.7. The summed E-state index contributed by atoms with van der Waals surface area (Å²) in [4.78, 5) is 29.3. The molecule has 1 N–H and O–H groups in total. The predicted octanol–water partition coefficient (Wildman–Crippen LogP) is 3.31. The lowest BCUT2D eigenvalue weighted by molar-refractivity contribution is -0.272. The summed E-state index contributed by atoms with van der Waals surface area (Å²) in [6.07, 6.45) is 0.0601. The van der Waals surface area contributed by atoms with Gasteiger partial charge in [0.1, 0.15) is 23.6 Å². The minimum absolute atomic E-state index is 0.173. The van der Waals surface area contributed by atoms with Crippen molar-refractivity contribution in [3.8, 4) is 17.4 Å². The largest absolute Gasteiger partial charge is 0.530 e. The van der Waals surface area contributed by atoms with Crippen LogP contribution in [0.1, 0.15) is 47.1 Å². The number of carboxylic acid groups (broad SMARTS) is 1. The first-order valence-corrected chi connectivity index (χ1v) is 10.1. The normalized spacial score (nSPS) is 15.4. The summed E-state index contributed by atoms with van der Waals surface area (Å²) in [7, 11) is 0. The average Bonchev–Trinajstić information content (AvgIpc) is 2.97. The molecule has 0 saturated carbocycles. The van der Waals surface area contributed by atoms with Crippen LogP contribution in [-0.4, -0.2) is 40.1 Å². The summed E-state index contributed by atoms with van der Waals surface area (Å²) in [6.45, 7) is 11.4. The van der Waals surface area contributed by atoms with Gasteiger partial charge in [0, 0.05) is 22.6 Å². The Labute approximate surface area is 182 Å². The molecule has 1 aliphatic rings. The molecule has 1 aromatic heterocycles. The topological polar surface area (TPSA) is 104 Å². The van der Waals surface area contributed by atoms with Crippen molar-refractivity contribution >= 4 is 17.7 Å². The van der Waals surface area contributed by atoms with Crippen molar-refractivity contribution < 1.29 is 24.2 Å². The third-order valence-electron chi connectivity index (χ3n) is 5.16. The number of pyridine rings is 1. The standard InChI is InChI=1S/C23H29N3O5/c1-14(26(21(28)29)22(2,3)4)20(27)25-15-10-11-18(24-12-15)31-17-9-7-8-16-19(17)23(5,6)13-30-16/h7-12,14H,13H2,1-6H3,(H,25,27)(H,28,29)/p-1/t14-/m1/s1. The number of amides is 2. The van der Waals surface area contributed by atoms with Gasteiger partial charge < -0.3 is 29.6 Å². The molecule has 3 rings (SSSR count). The van der Waals surface area contributed by atoms with Gasteiger partial charge in [-0.2, -0.15) is 0 Å². The summed E-state index contributed by atoms with van der Waals surface area (Å²) in [5, 5.41) is 14.2. The van der Waals surface area contributed by atoms with E-state index in [1.165, 1.54) is 13.1 Å². The Bertz CT molecular complexity index is 980. The molecule has 0 saturated heterocycles. The van der Waals surface area contributed by atoms with Gasteiger partial charge in [0.25, 0.3) is 0 Å². The Hall–Kier alpha value is -3.29. The zero-order chi connectivity index (χ0) is 23.0. The van der Waals surface area contributed by atoms with Gasteiger partial charge in [0.15, 0.2) is 0 Å². The van der Waals surface area contributed by atoms with E-state index in [0.717, 1.165) is 16.2 Å². The van der Waals surface area contributed by atoms with E-state index < -0.39 is 23.6 Å². The van der Waals surface area contributed by atoms with Crippen molar-refractivity contribution in [3.63, 3.8) is 0 Å². The second kappa shape index (κ2) is 8.09. The van der Waals surface area contributed by atoms with E-state index in [-0.39, 0.29) is 5.41 Å². The quantitative estimate of drug-likeness (QED) is 0.787. The van der Waals surface area contributed by atoms with Gasteiger partial charge in [-0.05, 0) is 45.9 Å². The van der Waals surface area contributed by atoms with Crippen molar-refractivity contribution in [1.29, 1.82) is 0 Å². The van der Waals surface area contributed by atoms with Gasteiger partial charge in [0.2, 0.25) is 11.8 Å². The van der Waals surface area contributed by atoms with Crippen molar-refractivity contribution in [2.24, 2.45) is 0 Å². The van der Waals surface area contributed by atoms with Crippen LogP contribution in [0.3, 0.4) is 0 Å². The zero-order valence-electron chi connectivity index (χ0n) is 18.7. The lowest BCUT2D eigenvalue weighted by Gasteiger charge is -2.41. The molecule has 1 atom stereocenters. The van der Waals surface area contributed by atoms with Crippen LogP contribution in [0.5, 0.6) is 17.4 Å². The minimum Gasteiger partial charge on any atom is -0.530 e.